The van der Waals surface area contributed by atoms with Crippen LogP contribution in [0.25, 0.3) is 0 Å². The fourth-order valence-electron chi connectivity index (χ4n) is 4.50. The Kier molecular flexibility index (Phi) is 9.82. The molecule has 1 aromatic rings. The summed E-state index contributed by atoms with van der Waals surface area (Å²) in [5, 5.41) is 24.1. The Morgan fingerprint density at radius 3 is 2.54 bits per heavy atom. The standard InChI is InChI=1S/C29H35NO5/c1-20-11-9-10-16-27(33)30-24(21-12-5-3-6-13-21)15-8-4-7-14-23(31)19-25(32)28-22(17-20)18-26(35-2)29(28)34/h3-6,8-13,16-17,22-24,26,31,34H,7,14-15,18-19H2,1-2H3,(H,30,33)/b8-4-,11-9-,16-10+,20-17-/t22-,23-,24-,26-/m0/s1. The number of fused-ring (bicyclic) bond motifs is 1. The van der Waals surface area contributed by atoms with E-state index in [0.717, 1.165) is 11.1 Å². The second-order valence-electron chi connectivity index (χ2n) is 9.03. The summed E-state index contributed by atoms with van der Waals surface area (Å²) in [5.74, 6) is -0.790. The van der Waals surface area contributed by atoms with E-state index < -0.39 is 12.2 Å². The summed E-state index contributed by atoms with van der Waals surface area (Å²) in [6.45, 7) is 1.90. The average molecular weight is 478 g/mol. The number of ether oxygens (including phenoxy) is 1. The van der Waals surface area contributed by atoms with Gasteiger partial charge in [0.05, 0.1) is 12.1 Å². The number of aliphatic hydroxyl groups excluding tert-OH is 2. The molecule has 1 aliphatic carbocycles. The lowest BCUT2D eigenvalue weighted by atomic mass is 9.92. The van der Waals surface area contributed by atoms with Crippen LogP contribution < -0.4 is 5.32 Å². The van der Waals surface area contributed by atoms with E-state index in [1.807, 2.05) is 61.6 Å². The lowest BCUT2D eigenvalue weighted by molar-refractivity contribution is -0.118. The van der Waals surface area contributed by atoms with Gasteiger partial charge in [-0.1, -0.05) is 72.4 Å². The predicted octanol–water partition coefficient (Wildman–Crippen LogP) is 4.81. The smallest absolute Gasteiger partial charge is 0.244 e. The second-order valence-corrected chi connectivity index (χ2v) is 9.03. The normalized spacial score (nSPS) is 31.2. The van der Waals surface area contributed by atoms with E-state index in [1.165, 1.54) is 13.2 Å². The fraction of sp³-hybridized carbons (Fsp3) is 0.379. The highest BCUT2D eigenvalue weighted by molar-refractivity contribution is 5.97. The zero-order valence-electron chi connectivity index (χ0n) is 20.4. The molecule has 0 unspecified atom stereocenters. The van der Waals surface area contributed by atoms with Crippen LogP contribution in [-0.2, 0) is 14.3 Å². The van der Waals surface area contributed by atoms with Crippen molar-refractivity contribution in [2.75, 3.05) is 7.11 Å². The molecule has 0 radical (unpaired) electrons. The molecule has 3 rings (SSSR count). The highest BCUT2D eigenvalue weighted by Crippen LogP contribution is 2.36. The Balaban J connectivity index is 1.84. The van der Waals surface area contributed by atoms with E-state index in [4.69, 9.17) is 4.74 Å². The van der Waals surface area contributed by atoms with Gasteiger partial charge in [-0.15, -0.1) is 0 Å². The minimum atomic E-state index is -0.810. The molecular weight excluding hydrogens is 442 g/mol. The molecular formula is C29H35NO5. The number of aliphatic hydroxyl groups is 2. The number of carbonyl (C=O) groups is 2. The van der Waals surface area contributed by atoms with Crippen molar-refractivity contribution < 1.29 is 24.5 Å². The van der Waals surface area contributed by atoms with E-state index in [2.05, 4.69) is 5.32 Å². The first-order valence-corrected chi connectivity index (χ1v) is 12.1. The van der Waals surface area contributed by atoms with E-state index in [0.29, 0.717) is 31.3 Å². The number of allylic oxidation sites excluding steroid dienone is 7. The molecule has 1 aromatic carbocycles. The molecule has 35 heavy (non-hydrogen) atoms. The minimum absolute atomic E-state index is 0.0444. The van der Waals surface area contributed by atoms with Crippen molar-refractivity contribution in [1.29, 1.82) is 0 Å². The number of hydrogen-bond donors (Lipinski definition) is 3. The molecule has 3 N–H and O–H groups in total. The zero-order valence-corrected chi connectivity index (χ0v) is 20.4. The van der Waals surface area contributed by atoms with E-state index in [9.17, 15) is 19.8 Å². The Morgan fingerprint density at radius 2 is 1.80 bits per heavy atom. The Bertz CT molecular complexity index is 1030. The Morgan fingerprint density at radius 1 is 1.06 bits per heavy atom. The van der Waals surface area contributed by atoms with Crippen LogP contribution in [-0.4, -0.2) is 41.2 Å². The van der Waals surface area contributed by atoms with Gasteiger partial charge in [-0.25, -0.2) is 0 Å². The van der Waals surface area contributed by atoms with Crippen LogP contribution in [0.2, 0.25) is 0 Å². The molecule has 0 saturated heterocycles. The van der Waals surface area contributed by atoms with Crippen molar-refractivity contribution in [2.45, 2.75) is 57.3 Å². The van der Waals surface area contributed by atoms with Crippen LogP contribution in [0, 0.1) is 5.92 Å². The fourth-order valence-corrected chi connectivity index (χ4v) is 4.50. The van der Waals surface area contributed by atoms with Gasteiger partial charge in [0.25, 0.3) is 0 Å². The Labute approximate surface area is 207 Å². The number of amides is 1. The van der Waals surface area contributed by atoms with Crippen molar-refractivity contribution in [3.63, 3.8) is 0 Å². The lowest BCUT2D eigenvalue weighted by Crippen LogP contribution is -2.26. The molecule has 1 heterocycles. The van der Waals surface area contributed by atoms with E-state index in [1.54, 1.807) is 12.2 Å². The number of ketones is 1. The summed E-state index contributed by atoms with van der Waals surface area (Å²) < 4.78 is 5.35. The number of Topliss-reactive ketones (excluding diaryl/α,β-unsaturated/α-hetero) is 1. The number of methoxy groups -OCH3 is 1. The SMILES string of the molecule is CO[C@H]1C[C@@H]2\C=C(C)/C=C\C=C\C(=O)N[C@H](c3ccccc3)C/C=C\CC[C@H](O)CC(=O)C2=C1O. The number of carbonyl (C=O) groups excluding carboxylic acids is 2. The van der Waals surface area contributed by atoms with Crippen molar-refractivity contribution in [3.05, 3.63) is 95.3 Å². The molecule has 6 nitrogen and oxygen atoms in total. The molecule has 4 atom stereocenters. The van der Waals surface area contributed by atoms with Gasteiger partial charge in [0, 0.05) is 31.1 Å². The van der Waals surface area contributed by atoms with Crippen LogP contribution in [0.1, 0.15) is 50.6 Å². The molecule has 2 aliphatic rings. The van der Waals surface area contributed by atoms with Crippen molar-refractivity contribution in [1.82, 2.24) is 5.32 Å². The van der Waals surface area contributed by atoms with Crippen LogP contribution >= 0.6 is 0 Å². The van der Waals surface area contributed by atoms with Crippen molar-refractivity contribution in [3.8, 4) is 0 Å². The van der Waals surface area contributed by atoms with Crippen molar-refractivity contribution in [2.24, 2.45) is 5.92 Å². The second kappa shape index (κ2) is 13.0. The maximum Gasteiger partial charge on any atom is 0.244 e. The lowest BCUT2D eigenvalue weighted by Gasteiger charge is -2.17. The molecule has 186 valence electrons. The van der Waals surface area contributed by atoms with Crippen molar-refractivity contribution >= 4 is 11.7 Å². The topological polar surface area (TPSA) is 95.9 Å². The van der Waals surface area contributed by atoms with Gasteiger partial charge < -0.3 is 20.3 Å². The number of nitrogens with one attached hydrogen (secondary N) is 1. The number of benzene rings is 1. The van der Waals surface area contributed by atoms with Crippen LogP contribution in [0.15, 0.2) is 89.8 Å². The summed E-state index contributed by atoms with van der Waals surface area (Å²) in [6.07, 6.45) is 13.4. The Hall–Kier alpha value is -3.22. The first kappa shape index (κ1) is 26.4. The van der Waals surface area contributed by atoms with Gasteiger partial charge >= 0.3 is 0 Å². The summed E-state index contributed by atoms with van der Waals surface area (Å²) in [5.41, 5.74) is 2.22. The number of hydrogen-bond acceptors (Lipinski definition) is 5. The third-order valence-electron chi connectivity index (χ3n) is 6.33. The third kappa shape index (κ3) is 7.64. The molecule has 0 spiro atoms. The van der Waals surface area contributed by atoms with Gasteiger partial charge in [0.15, 0.2) is 5.78 Å². The molecule has 1 amide bonds. The van der Waals surface area contributed by atoms with Crippen LogP contribution in [0.5, 0.6) is 0 Å². The summed E-state index contributed by atoms with van der Waals surface area (Å²) in [7, 11) is 1.51. The highest BCUT2D eigenvalue weighted by Gasteiger charge is 2.36. The molecule has 0 aromatic heterocycles. The first-order valence-electron chi connectivity index (χ1n) is 12.1. The first-order chi connectivity index (χ1) is 16.9. The van der Waals surface area contributed by atoms with Crippen LogP contribution in [0.3, 0.4) is 0 Å². The minimum Gasteiger partial charge on any atom is -0.509 e. The van der Waals surface area contributed by atoms with Gasteiger partial charge in [-0.05, 0) is 38.2 Å². The predicted molar refractivity (Wildman–Crippen MR) is 137 cm³/mol. The number of rotatable bonds is 2. The zero-order chi connectivity index (χ0) is 25.2. The molecule has 6 heteroatoms. The summed E-state index contributed by atoms with van der Waals surface area (Å²) in [6, 6.07) is 9.61. The van der Waals surface area contributed by atoms with Gasteiger partial charge in [-0.2, -0.15) is 0 Å². The molecule has 1 aliphatic heterocycles. The highest BCUT2D eigenvalue weighted by atomic mass is 16.5. The monoisotopic (exact) mass is 477 g/mol. The molecule has 0 saturated carbocycles. The summed E-state index contributed by atoms with van der Waals surface area (Å²) in [4.78, 5) is 25.5. The largest absolute Gasteiger partial charge is 0.509 e. The summed E-state index contributed by atoms with van der Waals surface area (Å²) >= 11 is 0. The van der Waals surface area contributed by atoms with Gasteiger partial charge in [0.1, 0.15) is 11.9 Å². The maximum atomic E-state index is 13.0. The molecule has 0 bridgehead atoms. The van der Waals surface area contributed by atoms with Crippen LogP contribution in [0.4, 0.5) is 0 Å². The quantitative estimate of drug-likeness (QED) is 0.532. The molecule has 0 fully saturated rings. The van der Waals surface area contributed by atoms with E-state index in [-0.39, 0.29) is 35.8 Å². The average Bonchev–Trinajstić information content (AvgIpc) is 3.15. The van der Waals surface area contributed by atoms with Gasteiger partial charge in [-0.3, -0.25) is 9.59 Å². The maximum absolute atomic E-state index is 13.0. The third-order valence-corrected chi connectivity index (χ3v) is 6.33. The van der Waals surface area contributed by atoms with Gasteiger partial charge in [0.2, 0.25) is 5.91 Å². The van der Waals surface area contributed by atoms with E-state index >= 15 is 0 Å².